The zero-order valence-electron chi connectivity index (χ0n) is 11.6. The van der Waals surface area contributed by atoms with Gasteiger partial charge in [-0.1, -0.05) is 0 Å². The van der Waals surface area contributed by atoms with Crippen LogP contribution in [0.4, 0.5) is 11.4 Å². The van der Waals surface area contributed by atoms with Crippen molar-refractivity contribution in [3.05, 3.63) is 23.8 Å². The number of amides is 1. The third kappa shape index (κ3) is 4.71. The summed E-state index contributed by atoms with van der Waals surface area (Å²) in [5, 5.41) is 5.60. The molecule has 8 heteroatoms. The van der Waals surface area contributed by atoms with Gasteiger partial charge in [-0.05, 0) is 32.2 Å². The zero-order valence-corrected chi connectivity index (χ0v) is 12.4. The number of carbonyl (C=O) groups is 1. The minimum atomic E-state index is -3.27. The molecule has 1 rings (SSSR count). The van der Waals surface area contributed by atoms with Gasteiger partial charge in [0.1, 0.15) is 0 Å². The minimum Gasteiger partial charge on any atom is -0.397 e. The van der Waals surface area contributed by atoms with E-state index in [0.717, 1.165) is 0 Å². The van der Waals surface area contributed by atoms with E-state index in [1.165, 1.54) is 7.05 Å². The summed E-state index contributed by atoms with van der Waals surface area (Å²) in [5.41, 5.74) is 7.26. The lowest BCUT2D eigenvalue weighted by Crippen LogP contribution is -2.26. The topological polar surface area (TPSA) is 113 Å². The molecular formula is C12H20N4O3S. The first-order valence-electron chi connectivity index (χ1n) is 6.22. The quantitative estimate of drug-likeness (QED) is 0.529. The molecule has 0 radical (unpaired) electrons. The van der Waals surface area contributed by atoms with E-state index in [2.05, 4.69) is 15.4 Å². The monoisotopic (exact) mass is 300 g/mol. The van der Waals surface area contributed by atoms with Crippen LogP contribution in [0.5, 0.6) is 0 Å². The van der Waals surface area contributed by atoms with Crippen LogP contribution in [0.2, 0.25) is 0 Å². The molecule has 0 spiro atoms. The zero-order chi connectivity index (χ0) is 15.2. The molecule has 1 aromatic carbocycles. The lowest BCUT2D eigenvalue weighted by Gasteiger charge is -2.11. The van der Waals surface area contributed by atoms with Crippen molar-refractivity contribution in [2.24, 2.45) is 0 Å². The molecule has 5 N–H and O–H groups in total. The van der Waals surface area contributed by atoms with E-state index >= 15 is 0 Å². The van der Waals surface area contributed by atoms with E-state index in [1.54, 1.807) is 18.2 Å². The van der Waals surface area contributed by atoms with E-state index in [4.69, 9.17) is 5.73 Å². The first-order valence-corrected chi connectivity index (χ1v) is 7.87. The number of nitrogens with one attached hydrogen (secondary N) is 3. The van der Waals surface area contributed by atoms with Crippen molar-refractivity contribution in [1.82, 2.24) is 10.0 Å². The van der Waals surface area contributed by atoms with Crippen LogP contribution in [-0.4, -0.2) is 40.2 Å². The first-order chi connectivity index (χ1) is 9.39. The van der Waals surface area contributed by atoms with Crippen LogP contribution in [0.1, 0.15) is 17.3 Å². The van der Waals surface area contributed by atoms with Crippen molar-refractivity contribution in [2.75, 3.05) is 36.9 Å². The van der Waals surface area contributed by atoms with E-state index in [0.29, 0.717) is 23.5 Å². The molecule has 7 nitrogen and oxygen atoms in total. The van der Waals surface area contributed by atoms with Gasteiger partial charge in [0, 0.05) is 18.7 Å². The highest BCUT2D eigenvalue weighted by molar-refractivity contribution is 7.89. The van der Waals surface area contributed by atoms with Gasteiger partial charge in [-0.2, -0.15) is 0 Å². The molecule has 0 saturated carbocycles. The van der Waals surface area contributed by atoms with Gasteiger partial charge in [0.05, 0.1) is 17.1 Å². The molecule has 0 aliphatic carbocycles. The number of anilines is 2. The number of hydrogen-bond acceptors (Lipinski definition) is 5. The van der Waals surface area contributed by atoms with E-state index < -0.39 is 10.0 Å². The summed E-state index contributed by atoms with van der Waals surface area (Å²) in [5.74, 6) is -0.271. The number of nitrogen functional groups attached to an aromatic ring is 1. The highest BCUT2D eigenvalue weighted by atomic mass is 32.2. The van der Waals surface area contributed by atoms with Crippen molar-refractivity contribution in [3.63, 3.8) is 0 Å². The van der Waals surface area contributed by atoms with Gasteiger partial charge in [-0.3, -0.25) is 4.79 Å². The molecule has 0 saturated heterocycles. The Morgan fingerprint density at radius 3 is 2.65 bits per heavy atom. The second-order valence-electron chi connectivity index (χ2n) is 4.11. The Kier molecular flexibility index (Phi) is 5.78. The predicted octanol–water partition coefficient (Wildman–Crippen LogP) is -0.0204. The van der Waals surface area contributed by atoms with E-state index in [-0.39, 0.29) is 18.2 Å². The SMILES string of the molecule is CCNC(=O)c1ccc(N)c(NCCS(=O)(=O)NC)c1. The van der Waals surface area contributed by atoms with Gasteiger partial charge in [-0.15, -0.1) is 0 Å². The second-order valence-corrected chi connectivity index (χ2v) is 6.16. The number of benzene rings is 1. The van der Waals surface area contributed by atoms with Gasteiger partial charge in [0.2, 0.25) is 10.0 Å². The fourth-order valence-corrected chi connectivity index (χ4v) is 2.11. The van der Waals surface area contributed by atoms with E-state index in [1.807, 2.05) is 6.92 Å². The smallest absolute Gasteiger partial charge is 0.251 e. The number of hydrogen-bond donors (Lipinski definition) is 4. The highest BCUT2D eigenvalue weighted by Gasteiger charge is 2.09. The van der Waals surface area contributed by atoms with Crippen LogP contribution in [0, 0.1) is 0 Å². The maximum atomic E-state index is 11.7. The molecule has 0 aliphatic heterocycles. The molecule has 20 heavy (non-hydrogen) atoms. The summed E-state index contributed by atoms with van der Waals surface area (Å²) >= 11 is 0. The van der Waals surface area contributed by atoms with Crippen LogP contribution in [0.25, 0.3) is 0 Å². The predicted molar refractivity (Wildman–Crippen MR) is 80.2 cm³/mol. The van der Waals surface area contributed by atoms with Crippen LogP contribution in [0.3, 0.4) is 0 Å². The summed E-state index contributed by atoms with van der Waals surface area (Å²) < 4.78 is 24.8. The minimum absolute atomic E-state index is 0.0751. The maximum absolute atomic E-state index is 11.7. The molecule has 112 valence electrons. The number of carbonyl (C=O) groups excluding carboxylic acids is 1. The molecule has 0 bridgehead atoms. The van der Waals surface area contributed by atoms with Gasteiger partial charge < -0.3 is 16.4 Å². The maximum Gasteiger partial charge on any atom is 0.251 e. The van der Waals surface area contributed by atoms with Gasteiger partial charge in [0.15, 0.2) is 0 Å². The molecule has 0 aliphatic rings. The first kappa shape index (κ1) is 16.3. The van der Waals surface area contributed by atoms with Gasteiger partial charge >= 0.3 is 0 Å². The van der Waals surface area contributed by atoms with Crippen molar-refractivity contribution < 1.29 is 13.2 Å². The Morgan fingerprint density at radius 1 is 1.35 bits per heavy atom. The fourth-order valence-electron chi connectivity index (χ4n) is 1.54. The summed E-state index contributed by atoms with van der Waals surface area (Å²) in [6.45, 7) is 2.57. The third-order valence-electron chi connectivity index (χ3n) is 2.65. The van der Waals surface area contributed by atoms with Crippen LogP contribution in [0.15, 0.2) is 18.2 Å². The van der Waals surface area contributed by atoms with Gasteiger partial charge in [0.25, 0.3) is 5.91 Å². The molecule has 0 unspecified atom stereocenters. The summed E-state index contributed by atoms with van der Waals surface area (Å²) in [7, 11) is -1.91. The van der Waals surface area contributed by atoms with Crippen LogP contribution >= 0.6 is 0 Å². The Hall–Kier alpha value is -1.80. The average molecular weight is 300 g/mol. The van der Waals surface area contributed by atoms with Crippen molar-refractivity contribution in [1.29, 1.82) is 0 Å². The molecule has 0 heterocycles. The lowest BCUT2D eigenvalue weighted by atomic mass is 10.1. The van der Waals surface area contributed by atoms with Crippen molar-refractivity contribution in [2.45, 2.75) is 6.92 Å². The molecule has 1 amide bonds. The van der Waals surface area contributed by atoms with Gasteiger partial charge in [-0.25, -0.2) is 13.1 Å². The average Bonchev–Trinajstić information content (AvgIpc) is 2.41. The molecule has 0 aromatic heterocycles. The third-order valence-corrected chi connectivity index (χ3v) is 4.01. The number of sulfonamides is 1. The van der Waals surface area contributed by atoms with Crippen molar-refractivity contribution in [3.8, 4) is 0 Å². The molecule has 0 atom stereocenters. The second kappa shape index (κ2) is 7.11. The Labute approximate surface area is 119 Å². The summed E-state index contributed by atoms with van der Waals surface area (Å²) in [4.78, 5) is 11.7. The van der Waals surface area contributed by atoms with Crippen LogP contribution < -0.4 is 21.1 Å². The molecular weight excluding hydrogens is 280 g/mol. The Morgan fingerprint density at radius 2 is 2.05 bits per heavy atom. The number of rotatable bonds is 7. The Bertz CT molecular complexity index is 572. The fraction of sp³-hybridized carbons (Fsp3) is 0.417. The molecule has 1 aromatic rings. The normalized spacial score (nSPS) is 11.1. The van der Waals surface area contributed by atoms with Crippen molar-refractivity contribution >= 4 is 27.3 Å². The Balaban J connectivity index is 2.75. The molecule has 0 fully saturated rings. The summed E-state index contributed by atoms with van der Waals surface area (Å²) in [6, 6.07) is 4.83. The van der Waals surface area contributed by atoms with Crippen LogP contribution in [-0.2, 0) is 10.0 Å². The van der Waals surface area contributed by atoms with E-state index in [9.17, 15) is 13.2 Å². The summed E-state index contributed by atoms with van der Waals surface area (Å²) in [6.07, 6.45) is 0. The highest BCUT2D eigenvalue weighted by Crippen LogP contribution is 2.19. The standard InChI is InChI=1S/C12H20N4O3S/c1-3-15-12(17)9-4-5-10(13)11(8-9)16-6-7-20(18,19)14-2/h4-5,8,14,16H,3,6-7,13H2,1-2H3,(H,15,17). The lowest BCUT2D eigenvalue weighted by molar-refractivity contribution is 0.0956. The largest absolute Gasteiger partial charge is 0.397 e. The number of nitrogens with two attached hydrogens (primary N) is 1.